The Morgan fingerprint density at radius 1 is 1.05 bits per heavy atom. The Kier molecular flexibility index (Phi) is 9.73. The number of nitrogens with one attached hydrogen (secondary N) is 1. The number of anilines is 1. The van der Waals surface area contributed by atoms with Gasteiger partial charge in [0.25, 0.3) is 10.0 Å². The number of hydrogen-bond donors (Lipinski definition) is 2. The lowest BCUT2D eigenvalue weighted by molar-refractivity contribution is -0.151. The molecule has 3 N–H and O–H groups in total. The minimum Gasteiger partial charge on any atom is -0.479 e. The number of sulfonamides is 1. The summed E-state index contributed by atoms with van der Waals surface area (Å²) in [6.45, 7) is 4.80. The molecule has 9 nitrogen and oxygen atoms in total. The predicted octanol–water partition coefficient (Wildman–Crippen LogP) is 3.91. The maximum absolute atomic E-state index is 13.7. The molecule has 0 fully saturated rings. The van der Waals surface area contributed by atoms with Crippen LogP contribution in [0.2, 0.25) is 5.02 Å². The number of nitrogens with two attached hydrogens (primary N) is 1. The number of amides is 1. The third kappa shape index (κ3) is 7.03. The number of benzene rings is 3. The van der Waals surface area contributed by atoms with Crippen molar-refractivity contribution in [3.05, 3.63) is 88.4 Å². The molecule has 0 heterocycles. The van der Waals surface area contributed by atoms with Crippen molar-refractivity contribution in [3.63, 3.8) is 0 Å². The maximum Gasteiger partial charge on any atom is 0.365 e. The van der Waals surface area contributed by atoms with Gasteiger partial charge in [0.2, 0.25) is 5.91 Å². The van der Waals surface area contributed by atoms with Crippen LogP contribution in [0.25, 0.3) is 0 Å². The Hall–Kier alpha value is -3.60. The molecule has 1 atom stereocenters. The largest absolute Gasteiger partial charge is 0.479 e. The second-order valence-electron chi connectivity index (χ2n) is 8.51. The van der Waals surface area contributed by atoms with Gasteiger partial charge >= 0.3 is 5.97 Å². The van der Waals surface area contributed by atoms with Gasteiger partial charge in [0.1, 0.15) is 12.3 Å². The number of ether oxygens (including phenoxy) is 1. The first-order valence-electron chi connectivity index (χ1n) is 11.9. The third-order valence-electron chi connectivity index (χ3n) is 5.86. The normalized spacial score (nSPS) is 11.9. The SMILES string of the molecule is CCc1ccc(S(=O)(=O)N(CC(=O)NCc2cccc(O[C@H](C)C(=O)ON)c2)c2cccc(Cl)c2C)cc1. The first-order chi connectivity index (χ1) is 18.1. The molecule has 0 saturated carbocycles. The molecule has 3 aromatic carbocycles. The molecule has 0 aliphatic carbocycles. The zero-order chi connectivity index (χ0) is 27.9. The van der Waals surface area contributed by atoms with E-state index in [0.717, 1.165) is 16.3 Å². The van der Waals surface area contributed by atoms with E-state index in [2.05, 4.69) is 10.2 Å². The van der Waals surface area contributed by atoms with Crippen LogP contribution in [0.3, 0.4) is 0 Å². The molecule has 202 valence electrons. The van der Waals surface area contributed by atoms with Gasteiger partial charge in [0.15, 0.2) is 6.10 Å². The first kappa shape index (κ1) is 29.0. The highest BCUT2D eigenvalue weighted by Gasteiger charge is 2.29. The average molecular weight is 560 g/mol. The molecule has 1 amide bonds. The molecule has 0 aromatic heterocycles. The van der Waals surface area contributed by atoms with Crippen LogP contribution in [0.5, 0.6) is 5.75 Å². The van der Waals surface area contributed by atoms with Crippen molar-refractivity contribution in [1.82, 2.24) is 5.32 Å². The molecule has 38 heavy (non-hydrogen) atoms. The topological polar surface area (TPSA) is 128 Å². The van der Waals surface area contributed by atoms with Crippen molar-refractivity contribution in [2.75, 3.05) is 10.8 Å². The highest BCUT2D eigenvalue weighted by molar-refractivity contribution is 7.92. The summed E-state index contributed by atoms with van der Waals surface area (Å²) in [5.74, 6) is 4.01. The van der Waals surface area contributed by atoms with Crippen LogP contribution in [0, 0.1) is 6.92 Å². The van der Waals surface area contributed by atoms with Crippen molar-refractivity contribution in [3.8, 4) is 5.75 Å². The maximum atomic E-state index is 13.7. The second kappa shape index (κ2) is 12.8. The molecule has 3 rings (SSSR count). The van der Waals surface area contributed by atoms with E-state index in [1.54, 1.807) is 61.5 Å². The lowest BCUT2D eigenvalue weighted by Gasteiger charge is -2.26. The van der Waals surface area contributed by atoms with Gasteiger partial charge in [-0.15, -0.1) is 0 Å². The van der Waals surface area contributed by atoms with Gasteiger partial charge in [-0.25, -0.2) is 13.2 Å². The van der Waals surface area contributed by atoms with Crippen LogP contribution in [0.4, 0.5) is 5.69 Å². The Morgan fingerprint density at radius 2 is 1.74 bits per heavy atom. The van der Waals surface area contributed by atoms with Gasteiger partial charge < -0.3 is 14.9 Å². The first-order valence-corrected chi connectivity index (χ1v) is 13.7. The number of halogens is 1. The zero-order valence-electron chi connectivity index (χ0n) is 21.3. The summed E-state index contributed by atoms with van der Waals surface area (Å²) in [5.41, 5.74) is 2.51. The number of carbonyl (C=O) groups is 2. The predicted molar refractivity (Wildman–Crippen MR) is 145 cm³/mol. The number of carbonyl (C=O) groups excluding carboxylic acids is 2. The van der Waals surface area contributed by atoms with E-state index in [1.807, 2.05) is 6.92 Å². The van der Waals surface area contributed by atoms with Crippen molar-refractivity contribution < 1.29 is 27.6 Å². The Labute approximate surface area is 227 Å². The van der Waals surface area contributed by atoms with Crippen LogP contribution < -0.4 is 20.3 Å². The van der Waals surface area contributed by atoms with Gasteiger partial charge in [0, 0.05) is 11.6 Å². The monoisotopic (exact) mass is 559 g/mol. The van der Waals surface area contributed by atoms with Crippen molar-refractivity contribution in [2.24, 2.45) is 5.90 Å². The molecule has 0 aliphatic rings. The molecule has 0 bridgehead atoms. The van der Waals surface area contributed by atoms with Crippen LogP contribution in [0.1, 0.15) is 30.5 Å². The zero-order valence-corrected chi connectivity index (χ0v) is 22.9. The smallest absolute Gasteiger partial charge is 0.365 e. The summed E-state index contributed by atoms with van der Waals surface area (Å²) in [5, 5.41) is 3.13. The second-order valence-corrected chi connectivity index (χ2v) is 10.8. The lowest BCUT2D eigenvalue weighted by Crippen LogP contribution is -2.41. The van der Waals surface area contributed by atoms with E-state index in [1.165, 1.54) is 19.1 Å². The summed E-state index contributed by atoms with van der Waals surface area (Å²) in [4.78, 5) is 28.8. The molecule has 0 unspecified atom stereocenters. The standard InChI is InChI=1S/C27H30ClN3O6S/c1-4-20-11-13-23(14-12-20)38(34,35)31(25-10-6-9-24(28)18(25)2)17-26(32)30-16-21-7-5-8-22(15-21)36-19(3)27(33)37-29/h5-15,19H,4,16-17,29H2,1-3H3,(H,30,32)/t19-/m1/s1. The number of nitrogens with zero attached hydrogens (tertiary/aromatic N) is 1. The fourth-order valence-electron chi connectivity index (χ4n) is 3.65. The van der Waals surface area contributed by atoms with Crippen LogP contribution in [0.15, 0.2) is 71.6 Å². The van der Waals surface area contributed by atoms with E-state index in [-0.39, 0.29) is 11.4 Å². The molecular formula is C27H30ClN3O6S. The van der Waals surface area contributed by atoms with E-state index >= 15 is 0 Å². The summed E-state index contributed by atoms with van der Waals surface area (Å²) in [6, 6.07) is 18.2. The molecule has 11 heteroatoms. The molecule has 0 radical (unpaired) electrons. The van der Waals surface area contributed by atoms with E-state index in [0.29, 0.717) is 27.6 Å². The van der Waals surface area contributed by atoms with Crippen LogP contribution in [-0.2, 0) is 37.4 Å². The molecule has 3 aromatic rings. The third-order valence-corrected chi connectivity index (χ3v) is 8.05. The van der Waals surface area contributed by atoms with E-state index < -0.39 is 34.5 Å². The minimum absolute atomic E-state index is 0.0665. The molecule has 0 saturated heterocycles. The van der Waals surface area contributed by atoms with Gasteiger partial charge in [-0.2, -0.15) is 5.90 Å². The Morgan fingerprint density at radius 3 is 2.39 bits per heavy atom. The minimum atomic E-state index is -4.09. The van der Waals surface area contributed by atoms with E-state index in [4.69, 9.17) is 22.2 Å². The Bertz CT molecular complexity index is 1400. The van der Waals surface area contributed by atoms with Gasteiger partial charge in [-0.1, -0.05) is 48.9 Å². The van der Waals surface area contributed by atoms with Crippen molar-refractivity contribution in [2.45, 2.75) is 44.7 Å². The summed E-state index contributed by atoms with van der Waals surface area (Å²) < 4.78 is 33.9. The fourth-order valence-corrected chi connectivity index (χ4v) is 5.30. The highest BCUT2D eigenvalue weighted by Crippen LogP contribution is 2.31. The van der Waals surface area contributed by atoms with Gasteiger partial charge in [-0.05, 0) is 73.4 Å². The van der Waals surface area contributed by atoms with Crippen molar-refractivity contribution >= 4 is 39.2 Å². The lowest BCUT2D eigenvalue weighted by atomic mass is 10.2. The summed E-state index contributed by atoms with van der Waals surface area (Å²) >= 11 is 6.28. The Balaban J connectivity index is 1.81. The molecular weight excluding hydrogens is 530 g/mol. The molecule has 0 spiro atoms. The van der Waals surface area contributed by atoms with Crippen LogP contribution in [-0.4, -0.2) is 32.9 Å². The summed E-state index contributed by atoms with van der Waals surface area (Å²) in [6.07, 6.45) is -0.154. The quantitative estimate of drug-likeness (QED) is 0.341. The van der Waals surface area contributed by atoms with Crippen molar-refractivity contribution in [1.29, 1.82) is 0 Å². The van der Waals surface area contributed by atoms with Gasteiger partial charge in [0.05, 0.1) is 10.6 Å². The number of hydrogen-bond acceptors (Lipinski definition) is 7. The van der Waals surface area contributed by atoms with Crippen LogP contribution >= 0.6 is 11.6 Å². The average Bonchev–Trinajstić information content (AvgIpc) is 2.92. The number of aryl methyl sites for hydroxylation is 1. The highest BCUT2D eigenvalue weighted by atomic mass is 35.5. The fraction of sp³-hybridized carbons (Fsp3) is 0.259. The van der Waals surface area contributed by atoms with E-state index in [9.17, 15) is 18.0 Å². The molecule has 0 aliphatic heterocycles. The van der Waals surface area contributed by atoms with Gasteiger partial charge in [-0.3, -0.25) is 9.10 Å². The summed E-state index contributed by atoms with van der Waals surface area (Å²) in [7, 11) is -4.09. The number of rotatable bonds is 11.